The number of carboxylic acids is 1. The van der Waals surface area contributed by atoms with Crippen LogP contribution in [0.5, 0.6) is 0 Å². The van der Waals surface area contributed by atoms with Crippen molar-refractivity contribution in [1.29, 1.82) is 0 Å². The molecule has 0 saturated heterocycles. The minimum atomic E-state index is -0.789. The van der Waals surface area contributed by atoms with Crippen molar-refractivity contribution in [2.75, 3.05) is 6.54 Å². The molecule has 1 aromatic rings. The summed E-state index contributed by atoms with van der Waals surface area (Å²) >= 11 is 0. The van der Waals surface area contributed by atoms with Crippen molar-refractivity contribution in [2.45, 2.75) is 44.2 Å². The van der Waals surface area contributed by atoms with Gasteiger partial charge >= 0.3 is 5.97 Å². The fraction of sp³-hybridized carbons (Fsp3) is 0.600. The van der Waals surface area contributed by atoms with Crippen LogP contribution in [0.1, 0.15) is 44.2 Å². The topological polar surface area (TPSA) is 82.5 Å². The van der Waals surface area contributed by atoms with Gasteiger partial charge in [0.2, 0.25) is 0 Å². The number of nitrogens with one attached hydrogen (secondary N) is 1. The lowest BCUT2D eigenvalue weighted by Crippen LogP contribution is -2.45. The van der Waals surface area contributed by atoms with Crippen LogP contribution in [0.3, 0.4) is 0 Å². The minimum absolute atomic E-state index is 0.116. The Morgan fingerprint density at radius 1 is 1.55 bits per heavy atom. The maximum absolute atomic E-state index is 10.9. The van der Waals surface area contributed by atoms with Crippen molar-refractivity contribution in [2.24, 2.45) is 5.92 Å². The minimum Gasteiger partial charge on any atom is -0.481 e. The van der Waals surface area contributed by atoms with Crippen LogP contribution in [0.25, 0.3) is 0 Å². The Bertz CT molecular complexity index is 442. The lowest BCUT2D eigenvalue weighted by molar-refractivity contribution is -0.144. The van der Waals surface area contributed by atoms with Crippen molar-refractivity contribution in [3.05, 3.63) is 30.1 Å². The SMILES string of the molecule is C[C@H](NCC1(O)CCC(C(=O)O)CC1)c1cccnc1. The number of rotatable bonds is 5. The molecule has 1 aromatic heterocycles. The number of aliphatic hydroxyl groups is 1. The average Bonchev–Trinajstić information content (AvgIpc) is 2.46. The van der Waals surface area contributed by atoms with Crippen molar-refractivity contribution in [3.8, 4) is 0 Å². The van der Waals surface area contributed by atoms with E-state index in [4.69, 9.17) is 5.11 Å². The molecule has 0 radical (unpaired) electrons. The Labute approximate surface area is 119 Å². The predicted octanol–water partition coefficient (Wildman–Crippen LogP) is 1.74. The van der Waals surface area contributed by atoms with Crippen LogP contribution in [-0.4, -0.2) is 33.3 Å². The third kappa shape index (κ3) is 3.77. The fourth-order valence-corrected chi connectivity index (χ4v) is 2.67. The smallest absolute Gasteiger partial charge is 0.306 e. The summed E-state index contributed by atoms with van der Waals surface area (Å²) in [5.74, 6) is -1.05. The van der Waals surface area contributed by atoms with Gasteiger partial charge in [-0.15, -0.1) is 0 Å². The summed E-state index contributed by atoms with van der Waals surface area (Å²) in [4.78, 5) is 15.0. The molecule has 1 atom stereocenters. The molecule has 0 spiro atoms. The van der Waals surface area contributed by atoms with Gasteiger partial charge in [0.15, 0.2) is 0 Å². The summed E-state index contributed by atoms with van der Waals surface area (Å²) in [7, 11) is 0. The van der Waals surface area contributed by atoms with E-state index < -0.39 is 11.6 Å². The number of aromatic nitrogens is 1. The highest BCUT2D eigenvalue weighted by Gasteiger charge is 2.35. The van der Waals surface area contributed by atoms with Gasteiger partial charge in [0.1, 0.15) is 0 Å². The summed E-state index contributed by atoms with van der Waals surface area (Å²) in [6.45, 7) is 2.51. The molecule has 0 aliphatic heterocycles. The van der Waals surface area contributed by atoms with Gasteiger partial charge in [0.05, 0.1) is 11.5 Å². The van der Waals surface area contributed by atoms with Gasteiger partial charge in [0, 0.05) is 25.0 Å². The highest BCUT2D eigenvalue weighted by Crippen LogP contribution is 2.32. The van der Waals surface area contributed by atoms with Crippen molar-refractivity contribution in [3.63, 3.8) is 0 Å². The summed E-state index contributed by atoms with van der Waals surface area (Å²) in [6, 6.07) is 4.00. The maximum Gasteiger partial charge on any atom is 0.306 e. The first-order valence-corrected chi connectivity index (χ1v) is 7.09. The summed E-state index contributed by atoms with van der Waals surface area (Å²) in [5.41, 5.74) is 0.290. The van der Waals surface area contributed by atoms with Crippen LogP contribution < -0.4 is 5.32 Å². The third-order valence-corrected chi connectivity index (χ3v) is 4.19. The van der Waals surface area contributed by atoms with E-state index in [9.17, 15) is 9.90 Å². The highest BCUT2D eigenvalue weighted by molar-refractivity contribution is 5.70. The second-order valence-electron chi connectivity index (χ2n) is 5.73. The van der Waals surface area contributed by atoms with E-state index in [0.29, 0.717) is 32.2 Å². The first-order valence-electron chi connectivity index (χ1n) is 7.09. The molecule has 5 heteroatoms. The molecule has 1 heterocycles. The van der Waals surface area contributed by atoms with Crippen LogP contribution in [0.4, 0.5) is 0 Å². The Morgan fingerprint density at radius 2 is 2.25 bits per heavy atom. The molecule has 0 unspecified atom stereocenters. The zero-order valence-electron chi connectivity index (χ0n) is 11.7. The van der Waals surface area contributed by atoms with E-state index >= 15 is 0 Å². The lowest BCUT2D eigenvalue weighted by Gasteiger charge is -2.35. The van der Waals surface area contributed by atoms with E-state index in [1.165, 1.54) is 0 Å². The number of nitrogens with zero attached hydrogens (tertiary/aromatic N) is 1. The van der Waals surface area contributed by atoms with Crippen LogP contribution in [0.2, 0.25) is 0 Å². The standard InChI is InChI=1S/C15H22N2O3/c1-11(13-3-2-8-16-9-13)17-10-15(20)6-4-12(5-7-15)14(18)19/h2-3,8-9,11-12,17,20H,4-7,10H2,1H3,(H,18,19)/t11-,12?,15?/m0/s1. The quantitative estimate of drug-likeness (QED) is 0.764. The van der Waals surface area contributed by atoms with Gasteiger partial charge in [-0.3, -0.25) is 9.78 Å². The molecule has 0 aromatic carbocycles. The first kappa shape index (κ1) is 14.9. The molecule has 20 heavy (non-hydrogen) atoms. The number of aliphatic carboxylic acids is 1. The highest BCUT2D eigenvalue weighted by atomic mass is 16.4. The molecule has 5 nitrogen and oxygen atoms in total. The molecular formula is C15H22N2O3. The second-order valence-corrected chi connectivity index (χ2v) is 5.73. The monoisotopic (exact) mass is 278 g/mol. The maximum atomic E-state index is 10.9. The average molecular weight is 278 g/mol. The largest absolute Gasteiger partial charge is 0.481 e. The zero-order chi connectivity index (χ0) is 14.6. The Kier molecular flexibility index (Phi) is 4.73. The fourth-order valence-electron chi connectivity index (χ4n) is 2.67. The Morgan fingerprint density at radius 3 is 2.80 bits per heavy atom. The predicted molar refractivity (Wildman–Crippen MR) is 75.2 cm³/mol. The summed E-state index contributed by atoms with van der Waals surface area (Å²) in [5, 5.41) is 22.8. The number of carbonyl (C=O) groups is 1. The van der Waals surface area contributed by atoms with Crippen molar-refractivity contribution in [1.82, 2.24) is 10.3 Å². The van der Waals surface area contributed by atoms with Crippen LogP contribution in [-0.2, 0) is 4.79 Å². The molecule has 1 fully saturated rings. The van der Waals surface area contributed by atoms with Gasteiger partial charge in [-0.1, -0.05) is 6.07 Å². The van der Waals surface area contributed by atoms with Gasteiger partial charge in [-0.25, -0.2) is 0 Å². The molecule has 110 valence electrons. The molecule has 0 amide bonds. The van der Waals surface area contributed by atoms with E-state index in [1.54, 1.807) is 6.20 Å². The number of hydrogen-bond acceptors (Lipinski definition) is 4. The lowest BCUT2D eigenvalue weighted by atomic mass is 9.78. The third-order valence-electron chi connectivity index (χ3n) is 4.19. The van der Waals surface area contributed by atoms with E-state index in [1.807, 2.05) is 25.3 Å². The van der Waals surface area contributed by atoms with Crippen LogP contribution >= 0.6 is 0 Å². The summed E-state index contributed by atoms with van der Waals surface area (Å²) < 4.78 is 0. The van der Waals surface area contributed by atoms with Gasteiger partial charge < -0.3 is 15.5 Å². The normalized spacial score (nSPS) is 28.0. The second kappa shape index (κ2) is 6.33. The van der Waals surface area contributed by atoms with Crippen molar-refractivity contribution >= 4 is 5.97 Å². The van der Waals surface area contributed by atoms with Gasteiger partial charge in [0.25, 0.3) is 0 Å². The zero-order valence-corrected chi connectivity index (χ0v) is 11.7. The number of carboxylic acid groups (broad SMARTS) is 1. The van der Waals surface area contributed by atoms with E-state index in [2.05, 4.69) is 10.3 Å². The first-order chi connectivity index (χ1) is 9.50. The summed E-state index contributed by atoms with van der Waals surface area (Å²) in [6.07, 6.45) is 5.72. The molecule has 1 saturated carbocycles. The van der Waals surface area contributed by atoms with Crippen molar-refractivity contribution < 1.29 is 15.0 Å². The molecule has 1 aliphatic carbocycles. The van der Waals surface area contributed by atoms with E-state index in [0.717, 1.165) is 5.56 Å². The van der Waals surface area contributed by atoms with Gasteiger partial charge in [-0.2, -0.15) is 0 Å². The Balaban J connectivity index is 1.83. The number of pyridine rings is 1. The van der Waals surface area contributed by atoms with E-state index in [-0.39, 0.29) is 12.0 Å². The number of hydrogen-bond donors (Lipinski definition) is 3. The molecule has 0 bridgehead atoms. The molecule has 1 aliphatic rings. The molecular weight excluding hydrogens is 256 g/mol. The van der Waals surface area contributed by atoms with Gasteiger partial charge in [-0.05, 0) is 44.2 Å². The van der Waals surface area contributed by atoms with Crippen LogP contribution in [0.15, 0.2) is 24.5 Å². The molecule has 2 rings (SSSR count). The van der Waals surface area contributed by atoms with Crippen LogP contribution in [0, 0.1) is 5.92 Å². The Hall–Kier alpha value is -1.46. The molecule has 3 N–H and O–H groups in total.